The van der Waals surface area contributed by atoms with Crippen molar-refractivity contribution in [2.24, 2.45) is 0 Å². The quantitative estimate of drug-likeness (QED) is 0.650. The van der Waals surface area contributed by atoms with Gasteiger partial charge in [0, 0.05) is 12.6 Å². The van der Waals surface area contributed by atoms with Gasteiger partial charge in [-0.15, -0.1) is 0 Å². The molecule has 0 radical (unpaired) electrons. The smallest absolute Gasteiger partial charge is 0.354 e. The van der Waals surface area contributed by atoms with E-state index in [1.165, 1.54) is 14.2 Å². The Hall–Kier alpha value is -2.83. The van der Waals surface area contributed by atoms with Gasteiger partial charge < -0.3 is 19.7 Å². The standard InChI is InChI=1S/C17H18N2O5/c1-23-14(20)8-13(17(22)24-2)18-12-5-3-4-10-9-19(11-6-7-11)16(21)15(10)12/h3-5,8,11,18H,6-7,9H2,1-2H3/b13-8+. The highest BCUT2D eigenvalue weighted by Crippen LogP contribution is 2.37. The summed E-state index contributed by atoms with van der Waals surface area (Å²) in [5, 5.41) is 2.84. The molecule has 0 aromatic heterocycles. The number of carbonyl (C=O) groups excluding carboxylic acids is 3. The van der Waals surface area contributed by atoms with E-state index in [1.807, 2.05) is 11.0 Å². The van der Waals surface area contributed by atoms with E-state index < -0.39 is 11.9 Å². The second kappa shape index (κ2) is 6.35. The molecular formula is C17H18N2O5. The topological polar surface area (TPSA) is 84.9 Å². The van der Waals surface area contributed by atoms with Crippen molar-refractivity contribution in [1.82, 2.24) is 4.90 Å². The molecule has 1 N–H and O–H groups in total. The Kier molecular flexibility index (Phi) is 4.24. The van der Waals surface area contributed by atoms with Crippen LogP contribution in [0, 0.1) is 0 Å². The summed E-state index contributed by atoms with van der Waals surface area (Å²) in [5.41, 5.74) is 1.82. The van der Waals surface area contributed by atoms with Crippen LogP contribution in [0.3, 0.4) is 0 Å². The van der Waals surface area contributed by atoms with Crippen molar-refractivity contribution in [2.75, 3.05) is 19.5 Å². The molecule has 1 aromatic rings. The summed E-state index contributed by atoms with van der Waals surface area (Å²) in [7, 11) is 2.43. The monoisotopic (exact) mass is 330 g/mol. The Morgan fingerprint density at radius 2 is 2.00 bits per heavy atom. The predicted molar refractivity (Wildman–Crippen MR) is 85.1 cm³/mol. The van der Waals surface area contributed by atoms with Gasteiger partial charge in [0.1, 0.15) is 5.70 Å². The number of fused-ring (bicyclic) bond motifs is 1. The molecule has 1 aromatic carbocycles. The number of esters is 2. The number of methoxy groups -OCH3 is 2. The van der Waals surface area contributed by atoms with Crippen LogP contribution in [0.15, 0.2) is 30.0 Å². The minimum absolute atomic E-state index is 0.0575. The van der Waals surface area contributed by atoms with Crippen LogP contribution >= 0.6 is 0 Å². The molecule has 0 atom stereocenters. The van der Waals surface area contributed by atoms with E-state index in [-0.39, 0.29) is 11.6 Å². The maximum atomic E-state index is 12.7. The van der Waals surface area contributed by atoms with E-state index in [4.69, 9.17) is 0 Å². The Bertz CT molecular complexity index is 736. The zero-order valence-corrected chi connectivity index (χ0v) is 13.5. The SMILES string of the molecule is COC(=O)/C=C(/Nc1cccc2c1C(=O)N(C1CC1)C2)C(=O)OC. The molecule has 126 valence electrons. The van der Waals surface area contributed by atoms with Crippen LogP contribution in [0.5, 0.6) is 0 Å². The summed E-state index contributed by atoms with van der Waals surface area (Å²) in [6, 6.07) is 5.70. The summed E-state index contributed by atoms with van der Waals surface area (Å²) in [6.07, 6.45) is 3.06. The number of hydrogen-bond acceptors (Lipinski definition) is 6. The Morgan fingerprint density at radius 1 is 1.25 bits per heavy atom. The van der Waals surface area contributed by atoms with Crippen LogP contribution in [-0.2, 0) is 25.6 Å². The molecule has 1 heterocycles. The van der Waals surface area contributed by atoms with E-state index in [9.17, 15) is 14.4 Å². The Balaban J connectivity index is 1.92. The first-order chi connectivity index (χ1) is 11.5. The van der Waals surface area contributed by atoms with Crippen molar-refractivity contribution >= 4 is 23.5 Å². The van der Waals surface area contributed by atoms with Crippen LogP contribution in [0.4, 0.5) is 5.69 Å². The first kappa shape index (κ1) is 16.0. The molecular weight excluding hydrogens is 312 g/mol. The van der Waals surface area contributed by atoms with Crippen molar-refractivity contribution in [1.29, 1.82) is 0 Å². The van der Waals surface area contributed by atoms with Crippen molar-refractivity contribution in [3.8, 4) is 0 Å². The zero-order valence-electron chi connectivity index (χ0n) is 13.5. The van der Waals surface area contributed by atoms with Crippen molar-refractivity contribution < 1.29 is 23.9 Å². The van der Waals surface area contributed by atoms with Crippen LogP contribution in [0.25, 0.3) is 0 Å². The summed E-state index contributed by atoms with van der Waals surface area (Å²) in [4.78, 5) is 37.8. The minimum Gasteiger partial charge on any atom is -0.466 e. The largest absolute Gasteiger partial charge is 0.466 e. The molecule has 24 heavy (non-hydrogen) atoms. The second-order valence-electron chi connectivity index (χ2n) is 5.70. The molecule has 0 saturated heterocycles. The molecule has 0 unspecified atom stereocenters. The minimum atomic E-state index is -0.720. The molecule has 1 fully saturated rings. The fourth-order valence-electron chi connectivity index (χ4n) is 2.75. The van der Waals surface area contributed by atoms with Gasteiger partial charge in [-0.25, -0.2) is 9.59 Å². The van der Waals surface area contributed by atoms with E-state index in [1.54, 1.807) is 12.1 Å². The number of anilines is 1. The summed E-state index contributed by atoms with van der Waals surface area (Å²) in [5.74, 6) is -1.47. The molecule has 1 aliphatic carbocycles. The maximum absolute atomic E-state index is 12.7. The zero-order chi connectivity index (χ0) is 17.3. The number of ether oxygens (including phenoxy) is 2. The van der Waals surface area contributed by atoms with Crippen LogP contribution in [-0.4, -0.2) is 43.0 Å². The number of amides is 1. The molecule has 1 saturated carbocycles. The van der Waals surface area contributed by atoms with Gasteiger partial charge in [0.25, 0.3) is 5.91 Å². The fourth-order valence-corrected chi connectivity index (χ4v) is 2.75. The molecule has 3 rings (SSSR count). The first-order valence-electron chi connectivity index (χ1n) is 7.63. The number of carbonyl (C=O) groups is 3. The van der Waals surface area contributed by atoms with Gasteiger partial charge in [-0.05, 0) is 24.5 Å². The van der Waals surface area contributed by atoms with Crippen molar-refractivity contribution in [3.05, 3.63) is 41.1 Å². The van der Waals surface area contributed by atoms with E-state index >= 15 is 0 Å². The highest BCUT2D eigenvalue weighted by Gasteiger charge is 2.39. The maximum Gasteiger partial charge on any atom is 0.354 e. The number of nitrogens with one attached hydrogen (secondary N) is 1. The Morgan fingerprint density at radius 3 is 2.62 bits per heavy atom. The third-order valence-corrected chi connectivity index (χ3v) is 4.09. The van der Waals surface area contributed by atoms with E-state index in [2.05, 4.69) is 14.8 Å². The molecule has 1 aliphatic heterocycles. The highest BCUT2D eigenvalue weighted by atomic mass is 16.5. The number of benzene rings is 1. The van der Waals surface area contributed by atoms with E-state index in [0.717, 1.165) is 24.5 Å². The lowest BCUT2D eigenvalue weighted by molar-refractivity contribution is -0.138. The normalized spacial score (nSPS) is 16.7. The summed E-state index contributed by atoms with van der Waals surface area (Å²) < 4.78 is 9.22. The highest BCUT2D eigenvalue weighted by molar-refractivity contribution is 6.06. The predicted octanol–water partition coefficient (Wildman–Crippen LogP) is 1.45. The lowest BCUT2D eigenvalue weighted by atomic mass is 10.1. The van der Waals surface area contributed by atoms with Crippen molar-refractivity contribution in [3.63, 3.8) is 0 Å². The summed E-state index contributed by atoms with van der Waals surface area (Å²) >= 11 is 0. The molecule has 7 nitrogen and oxygen atoms in total. The molecule has 0 bridgehead atoms. The van der Waals surface area contributed by atoms with Gasteiger partial charge >= 0.3 is 11.9 Å². The van der Waals surface area contributed by atoms with Crippen LogP contribution in [0.1, 0.15) is 28.8 Å². The third kappa shape index (κ3) is 2.97. The second-order valence-corrected chi connectivity index (χ2v) is 5.70. The van der Waals surface area contributed by atoms with Crippen LogP contribution < -0.4 is 5.32 Å². The number of hydrogen-bond donors (Lipinski definition) is 1. The van der Waals surface area contributed by atoms with Crippen molar-refractivity contribution in [2.45, 2.75) is 25.4 Å². The van der Waals surface area contributed by atoms with E-state index in [0.29, 0.717) is 23.8 Å². The average Bonchev–Trinajstić information content (AvgIpc) is 3.37. The third-order valence-electron chi connectivity index (χ3n) is 4.09. The lowest BCUT2D eigenvalue weighted by Crippen LogP contribution is -2.26. The average molecular weight is 330 g/mol. The molecule has 7 heteroatoms. The molecule has 0 spiro atoms. The molecule has 1 amide bonds. The van der Waals surface area contributed by atoms with Gasteiger partial charge in [-0.3, -0.25) is 4.79 Å². The fraction of sp³-hybridized carbons (Fsp3) is 0.353. The summed E-state index contributed by atoms with van der Waals surface area (Å²) in [6.45, 7) is 0.572. The number of nitrogens with zero attached hydrogens (tertiary/aromatic N) is 1. The van der Waals surface area contributed by atoms with Gasteiger partial charge in [0.05, 0.1) is 31.5 Å². The first-order valence-corrected chi connectivity index (χ1v) is 7.63. The van der Waals surface area contributed by atoms with Gasteiger partial charge in [-0.2, -0.15) is 0 Å². The van der Waals surface area contributed by atoms with Gasteiger partial charge in [0.2, 0.25) is 0 Å². The lowest BCUT2D eigenvalue weighted by Gasteiger charge is -2.14. The Labute approximate surface area is 139 Å². The van der Waals surface area contributed by atoms with Gasteiger partial charge in [-0.1, -0.05) is 12.1 Å². The van der Waals surface area contributed by atoms with Gasteiger partial charge in [0.15, 0.2) is 0 Å². The molecule has 2 aliphatic rings. The van der Waals surface area contributed by atoms with Crippen LogP contribution in [0.2, 0.25) is 0 Å². The number of rotatable bonds is 5.